The van der Waals surface area contributed by atoms with E-state index in [9.17, 15) is 9.59 Å². The van der Waals surface area contributed by atoms with E-state index >= 15 is 0 Å². The van der Waals surface area contributed by atoms with Crippen LogP contribution in [0.2, 0.25) is 0 Å². The van der Waals surface area contributed by atoms with Gasteiger partial charge in [0.25, 0.3) is 0 Å². The molecule has 0 fully saturated rings. The van der Waals surface area contributed by atoms with Crippen molar-refractivity contribution < 1.29 is 9.59 Å². The number of benzene rings is 2. The molecule has 0 aliphatic heterocycles. The van der Waals surface area contributed by atoms with Crippen LogP contribution in [0, 0.1) is 8.99 Å². The Kier molecular flexibility index (Phi) is 6.41. The van der Waals surface area contributed by atoms with Crippen LogP contribution >= 0.6 is 22.6 Å². The van der Waals surface area contributed by atoms with Crippen molar-refractivity contribution in [3.8, 4) is 0 Å². The molecule has 0 unspecified atom stereocenters. The Morgan fingerprint density at radius 2 is 1.64 bits per heavy atom. The lowest BCUT2D eigenvalue weighted by atomic mass is 9.95. The largest absolute Gasteiger partial charge is 0.376 e. The number of nitrogens with one attached hydrogen (secondary N) is 3. The summed E-state index contributed by atoms with van der Waals surface area (Å²) in [6.07, 6.45) is 0. The highest BCUT2D eigenvalue weighted by Gasteiger charge is 2.21. The minimum atomic E-state index is -0.462. The summed E-state index contributed by atoms with van der Waals surface area (Å²) in [4.78, 5) is 24.1. The Balaban J connectivity index is 1.93. The summed E-state index contributed by atoms with van der Waals surface area (Å²) in [6.45, 7) is 5.72. The van der Waals surface area contributed by atoms with E-state index < -0.39 is 5.41 Å². The standard InChI is InChI=1S/C19H22IN3O2/c1-19(2,3)18(25)22-14-8-6-7-13(11-14)21-12-17(24)23-16-10-5-4-9-15(16)20/h4-11,21H,12H2,1-3H3,(H,22,25)(H,23,24). The number of carbonyl (C=O) groups is 2. The Bertz CT molecular complexity index is 769. The number of carbonyl (C=O) groups excluding carboxylic acids is 2. The van der Waals surface area contributed by atoms with Crippen LogP contribution in [0.25, 0.3) is 0 Å². The minimum absolute atomic E-state index is 0.0546. The zero-order valence-electron chi connectivity index (χ0n) is 14.5. The summed E-state index contributed by atoms with van der Waals surface area (Å²) in [5, 5.41) is 8.82. The second-order valence-electron chi connectivity index (χ2n) is 6.67. The van der Waals surface area contributed by atoms with Gasteiger partial charge in [0.15, 0.2) is 0 Å². The second kappa shape index (κ2) is 8.33. The Morgan fingerprint density at radius 3 is 2.32 bits per heavy atom. The summed E-state index contributed by atoms with van der Waals surface area (Å²) in [5.74, 6) is -0.186. The fraction of sp³-hybridized carbons (Fsp3) is 0.263. The number of rotatable bonds is 5. The molecule has 0 saturated heterocycles. The molecule has 6 heteroatoms. The fourth-order valence-electron chi connectivity index (χ4n) is 1.96. The summed E-state index contributed by atoms with van der Waals surface area (Å²) >= 11 is 2.18. The maximum Gasteiger partial charge on any atom is 0.243 e. The molecule has 25 heavy (non-hydrogen) atoms. The molecule has 0 bridgehead atoms. The number of halogens is 1. The van der Waals surface area contributed by atoms with E-state index in [1.54, 1.807) is 0 Å². The molecule has 0 atom stereocenters. The quantitative estimate of drug-likeness (QED) is 0.593. The van der Waals surface area contributed by atoms with Crippen molar-refractivity contribution in [3.63, 3.8) is 0 Å². The van der Waals surface area contributed by atoms with Crippen LogP contribution in [0.5, 0.6) is 0 Å². The molecule has 5 nitrogen and oxygen atoms in total. The van der Waals surface area contributed by atoms with E-state index in [1.165, 1.54) is 0 Å². The lowest BCUT2D eigenvalue weighted by molar-refractivity contribution is -0.123. The first-order valence-electron chi connectivity index (χ1n) is 7.95. The third kappa shape index (κ3) is 6.04. The molecule has 0 aliphatic rings. The van der Waals surface area contributed by atoms with Crippen LogP contribution in [0.3, 0.4) is 0 Å². The molecule has 2 amide bonds. The van der Waals surface area contributed by atoms with Gasteiger partial charge in [-0.05, 0) is 52.9 Å². The summed E-state index contributed by atoms with van der Waals surface area (Å²) in [7, 11) is 0. The maximum atomic E-state index is 12.1. The molecule has 0 heterocycles. The number of hydrogen-bond acceptors (Lipinski definition) is 3. The van der Waals surface area contributed by atoms with Gasteiger partial charge in [-0.15, -0.1) is 0 Å². The highest BCUT2D eigenvalue weighted by atomic mass is 127. The number of para-hydroxylation sites is 1. The third-order valence-corrected chi connectivity index (χ3v) is 4.34. The molecule has 2 aromatic carbocycles. The molecule has 0 spiro atoms. The van der Waals surface area contributed by atoms with Gasteiger partial charge in [-0.1, -0.05) is 39.0 Å². The molecule has 0 aliphatic carbocycles. The second-order valence-corrected chi connectivity index (χ2v) is 7.83. The van der Waals surface area contributed by atoms with Crippen molar-refractivity contribution in [2.24, 2.45) is 5.41 Å². The summed E-state index contributed by atoms with van der Waals surface area (Å²) in [5.41, 5.74) is 1.80. The predicted molar refractivity (Wildman–Crippen MR) is 111 cm³/mol. The van der Waals surface area contributed by atoms with Gasteiger partial charge in [-0.3, -0.25) is 9.59 Å². The Morgan fingerprint density at radius 1 is 0.960 bits per heavy atom. The zero-order chi connectivity index (χ0) is 18.4. The van der Waals surface area contributed by atoms with Crippen molar-refractivity contribution in [1.29, 1.82) is 0 Å². The van der Waals surface area contributed by atoms with Gasteiger partial charge in [-0.2, -0.15) is 0 Å². The lowest BCUT2D eigenvalue weighted by Gasteiger charge is -2.18. The Hall–Kier alpha value is -2.09. The van der Waals surface area contributed by atoms with Gasteiger partial charge in [0.1, 0.15) is 0 Å². The molecular formula is C19H22IN3O2. The first kappa shape index (κ1) is 19.2. The normalized spacial score (nSPS) is 10.9. The number of amides is 2. The minimum Gasteiger partial charge on any atom is -0.376 e. The first-order chi connectivity index (χ1) is 11.8. The molecule has 3 N–H and O–H groups in total. The summed E-state index contributed by atoms with van der Waals surface area (Å²) < 4.78 is 0.986. The van der Waals surface area contributed by atoms with E-state index in [2.05, 4.69) is 38.5 Å². The molecular weight excluding hydrogens is 429 g/mol. The molecule has 0 saturated carbocycles. The topological polar surface area (TPSA) is 70.2 Å². The average Bonchev–Trinajstić information content (AvgIpc) is 2.55. The lowest BCUT2D eigenvalue weighted by Crippen LogP contribution is -2.27. The van der Waals surface area contributed by atoms with E-state index in [1.807, 2.05) is 69.3 Å². The van der Waals surface area contributed by atoms with Gasteiger partial charge >= 0.3 is 0 Å². The van der Waals surface area contributed by atoms with Gasteiger partial charge < -0.3 is 16.0 Å². The predicted octanol–water partition coefficient (Wildman–Crippen LogP) is 4.33. The van der Waals surface area contributed by atoms with Crippen molar-refractivity contribution >= 4 is 51.5 Å². The smallest absolute Gasteiger partial charge is 0.243 e. The van der Waals surface area contributed by atoms with Gasteiger partial charge in [0.2, 0.25) is 11.8 Å². The van der Waals surface area contributed by atoms with E-state index in [-0.39, 0.29) is 18.4 Å². The average molecular weight is 451 g/mol. The van der Waals surface area contributed by atoms with Crippen molar-refractivity contribution in [3.05, 3.63) is 52.1 Å². The molecule has 0 aromatic heterocycles. The van der Waals surface area contributed by atoms with Crippen LogP contribution in [-0.2, 0) is 9.59 Å². The summed E-state index contributed by atoms with van der Waals surface area (Å²) in [6, 6.07) is 14.9. The molecule has 2 rings (SSSR count). The van der Waals surface area contributed by atoms with Crippen LogP contribution in [0.1, 0.15) is 20.8 Å². The first-order valence-corrected chi connectivity index (χ1v) is 9.03. The zero-order valence-corrected chi connectivity index (χ0v) is 16.7. The van der Waals surface area contributed by atoms with Crippen LogP contribution in [0.4, 0.5) is 17.1 Å². The molecule has 0 radical (unpaired) electrons. The van der Waals surface area contributed by atoms with Gasteiger partial charge in [0.05, 0.1) is 12.2 Å². The van der Waals surface area contributed by atoms with Crippen molar-refractivity contribution in [2.45, 2.75) is 20.8 Å². The highest BCUT2D eigenvalue weighted by molar-refractivity contribution is 14.1. The molecule has 2 aromatic rings. The van der Waals surface area contributed by atoms with Crippen molar-refractivity contribution in [2.75, 3.05) is 22.5 Å². The van der Waals surface area contributed by atoms with E-state index in [4.69, 9.17) is 0 Å². The van der Waals surface area contributed by atoms with E-state index in [0.29, 0.717) is 5.69 Å². The fourth-order valence-corrected chi connectivity index (χ4v) is 2.49. The van der Waals surface area contributed by atoms with Crippen molar-refractivity contribution in [1.82, 2.24) is 0 Å². The monoisotopic (exact) mass is 451 g/mol. The number of anilines is 3. The third-order valence-electron chi connectivity index (χ3n) is 3.40. The van der Waals surface area contributed by atoms with Crippen LogP contribution in [-0.4, -0.2) is 18.4 Å². The van der Waals surface area contributed by atoms with Crippen LogP contribution < -0.4 is 16.0 Å². The SMILES string of the molecule is CC(C)(C)C(=O)Nc1cccc(NCC(=O)Nc2ccccc2I)c1. The maximum absolute atomic E-state index is 12.1. The number of hydrogen-bond donors (Lipinski definition) is 3. The van der Waals surface area contributed by atoms with Gasteiger partial charge in [0, 0.05) is 20.4 Å². The van der Waals surface area contributed by atoms with Gasteiger partial charge in [-0.25, -0.2) is 0 Å². The van der Waals surface area contributed by atoms with Crippen LogP contribution in [0.15, 0.2) is 48.5 Å². The van der Waals surface area contributed by atoms with E-state index in [0.717, 1.165) is 14.9 Å². The molecule has 132 valence electrons. The highest BCUT2D eigenvalue weighted by Crippen LogP contribution is 2.20. The Labute approximate surface area is 161 Å².